The fourth-order valence-electron chi connectivity index (χ4n) is 0.668. The van der Waals surface area contributed by atoms with Gasteiger partial charge in [-0.25, -0.2) is 4.79 Å². The van der Waals surface area contributed by atoms with Gasteiger partial charge in [-0.05, 0) is 11.0 Å². The molecular weight excluding hydrogens is 212 g/mol. The third kappa shape index (κ3) is 4.13. The largest absolute Gasteiger partial charge is 0.479 e. The number of carboxylic acids is 1. The number of aliphatic carboxylic acids is 1. The summed E-state index contributed by atoms with van der Waals surface area (Å²) < 4.78 is 0. The van der Waals surface area contributed by atoms with Gasteiger partial charge in [-0.1, -0.05) is 0 Å². The normalized spacial score (nSPS) is 18.9. The van der Waals surface area contributed by atoms with Gasteiger partial charge >= 0.3 is 5.97 Å². The van der Waals surface area contributed by atoms with Crippen LogP contribution in [0.2, 0.25) is 0 Å². The van der Waals surface area contributed by atoms with Gasteiger partial charge in [0.2, 0.25) is 0 Å². The third-order valence-corrected chi connectivity index (χ3v) is 1.51. The summed E-state index contributed by atoms with van der Waals surface area (Å²) in [7, 11) is 0. The molecule has 0 saturated heterocycles. The Balaban J connectivity index is 0. The molecule has 86 valence electrons. The summed E-state index contributed by atoms with van der Waals surface area (Å²) in [6, 6.07) is 0. The van der Waals surface area contributed by atoms with Crippen molar-refractivity contribution < 1.29 is 35.4 Å². The Labute approximate surface area is 84.3 Å². The van der Waals surface area contributed by atoms with Crippen LogP contribution in [0.4, 0.5) is 0 Å². The van der Waals surface area contributed by atoms with Crippen LogP contribution in [-0.2, 0) is 4.79 Å². The van der Waals surface area contributed by atoms with Gasteiger partial charge in [0.1, 0.15) is 18.3 Å². The van der Waals surface area contributed by atoms with Crippen molar-refractivity contribution in [2.24, 2.45) is 0 Å². The second-order valence-electron chi connectivity index (χ2n) is 2.51. The van der Waals surface area contributed by atoms with Gasteiger partial charge in [0.05, 0.1) is 6.61 Å². The molecule has 0 aliphatic heterocycles. The number of aliphatic hydroxyl groups excluding tert-OH is 5. The summed E-state index contributed by atoms with van der Waals surface area (Å²) in [6.07, 6.45) is -7.84. The topological polar surface area (TPSA) is 138 Å². The lowest BCUT2D eigenvalue weighted by molar-refractivity contribution is -0.164. The quantitative estimate of drug-likeness (QED) is 0.259. The highest BCUT2D eigenvalue weighted by Gasteiger charge is 2.33. The smallest absolute Gasteiger partial charge is 0.335 e. The molecule has 8 heteroatoms. The molecule has 0 aromatic heterocycles. The number of hydrogen-bond acceptors (Lipinski definition) is 6. The minimum atomic E-state index is -2.20. The highest BCUT2D eigenvalue weighted by molar-refractivity contribution is 5.75. The van der Waals surface area contributed by atoms with E-state index in [9.17, 15) is 4.79 Å². The molecule has 0 aromatic carbocycles. The standard InChI is InChI=1S/C6H12O7.H4Si/c7-1-2(8)3(9)4(10)5(11)6(12)13;/h2-5,7-11H,1H2,(H,12,13);1H4. The second-order valence-corrected chi connectivity index (χ2v) is 2.51. The lowest BCUT2D eigenvalue weighted by Crippen LogP contribution is -2.48. The van der Waals surface area contributed by atoms with E-state index >= 15 is 0 Å². The Morgan fingerprint density at radius 1 is 1.07 bits per heavy atom. The molecular formula is C6H16O7Si. The maximum absolute atomic E-state index is 10.1. The number of aliphatic hydroxyl groups is 5. The molecule has 0 aliphatic carbocycles. The SMILES string of the molecule is O=C(O)C(O)C(O)C(O)C(O)CO.[SiH4]. The fourth-order valence-corrected chi connectivity index (χ4v) is 0.668. The lowest BCUT2D eigenvalue weighted by Gasteiger charge is -2.23. The van der Waals surface area contributed by atoms with Gasteiger partial charge in [0.25, 0.3) is 0 Å². The van der Waals surface area contributed by atoms with Gasteiger partial charge in [-0.2, -0.15) is 0 Å². The van der Waals surface area contributed by atoms with Crippen LogP contribution < -0.4 is 0 Å². The second kappa shape index (κ2) is 6.87. The van der Waals surface area contributed by atoms with E-state index in [1.165, 1.54) is 0 Å². The molecule has 0 radical (unpaired) electrons. The van der Waals surface area contributed by atoms with Gasteiger partial charge < -0.3 is 30.6 Å². The van der Waals surface area contributed by atoms with Crippen molar-refractivity contribution >= 4 is 16.9 Å². The Morgan fingerprint density at radius 3 is 1.79 bits per heavy atom. The molecule has 4 unspecified atom stereocenters. The van der Waals surface area contributed by atoms with Crippen molar-refractivity contribution in [2.45, 2.75) is 24.4 Å². The highest BCUT2D eigenvalue weighted by atomic mass is 28.1. The van der Waals surface area contributed by atoms with Crippen LogP contribution in [0.1, 0.15) is 0 Å². The molecule has 7 nitrogen and oxygen atoms in total. The summed E-state index contributed by atoms with van der Waals surface area (Å²) in [5.74, 6) is -1.73. The zero-order valence-corrected chi connectivity index (χ0v) is 6.61. The Morgan fingerprint density at radius 2 is 1.50 bits per heavy atom. The number of hydrogen-bond donors (Lipinski definition) is 6. The fraction of sp³-hybridized carbons (Fsp3) is 0.833. The number of rotatable bonds is 5. The van der Waals surface area contributed by atoms with Gasteiger partial charge in [0.15, 0.2) is 6.10 Å². The minimum absolute atomic E-state index is 0. The summed E-state index contributed by atoms with van der Waals surface area (Å²) in [5, 5.41) is 51.8. The van der Waals surface area contributed by atoms with E-state index in [1.807, 2.05) is 0 Å². The summed E-state index contributed by atoms with van der Waals surface area (Å²) in [5.41, 5.74) is 0. The molecule has 6 N–H and O–H groups in total. The van der Waals surface area contributed by atoms with Crippen LogP contribution in [-0.4, -0.2) is 78.6 Å². The van der Waals surface area contributed by atoms with Crippen molar-refractivity contribution in [3.05, 3.63) is 0 Å². The average Bonchev–Trinajstić information content (AvgIpc) is 2.12. The third-order valence-electron chi connectivity index (χ3n) is 1.51. The van der Waals surface area contributed by atoms with Gasteiger partial charge in [-0.15, -0.1) is 0 Å². The number of carbonyl (C=O) groups is 1. The summed E-state index contributed by atoms with van der Waals surface area (Å²) in [6.45, 7) is -0.843. The van der Waals surface area contributed by atoms with Crippen LogP contribution >= 0.6 is 0 Å². The average molecular weight is 228 g/mol. The Bertz CT molecular complexity index is 176. The summed E-state index contributed by atoms with van der Waals surface area (Å²) in [4.78, 5) is 10.1. The van der Waals surface area contributed by atoms with Crippen LogP contribution in [0, 0.1) is 0 Å². The molecule has 0 rings (SSSR count). The Hall–Kier alpha value is -0.513. The first-order valence-electron chi connectivity index (χ1n) is 3.47. The maximum atomic E-state index is 10.1. The molecule has 0 spiro atoms. The Kier molecular flexibility index (Phi) is 7.82. The lowest BCUT2D eigenvalue weighted by atomic mass is 10.0. The van der Waals surface area contributed by atoms with Crippen molar-refractivity contribution in [3.63, 3.8) is 0 Å². The molecule has 14 heavy (non-hydrogen) atoms. The zero-order valence-electron chi connectivity index (χ0n) is 6.61. The van der Waals surface area contributed by atoms with Crippen LogP contribution in [0.25, 0.3) is 0 Å². The predicted octanol–water partition coefficient (Wildman–Crippen LogP) is -4.94. The molecule has 0 fully saturated rings. The molecule has 0 saturated carbocycles. The highest BCUT2D eigenvalue weighted by Crippen LogP contribution is 2.04. The molecule has 0 aliphatic rings. The predicted molar refractivity (Wildman–Crippen MR) is 50.1 cm³/mol. The van der Waals surface area contributed by atoms with E-state index in [2.05, 4.69) is 0 Å². The van der Waals surface area contributed by atoms with Crippen molar-refractivity contribution in [1.29, 1.82) is 0 Å². The molecule has 0 bridgehead atoms. The van der Waals surface area contributed by atoms with E-state index in [-0.39, 0.29) is 11.0 Å². The van der Waals surface area contributed by atoms with E-state index < -0.39 is 37.0 Å². The molecule has 4 atom stereocenters. The molecule has 0 amide bonds. The first-order chi connectivity index (χ1) is 5.91. The minimum Gasteiger partial charge on any atom is -0.479 e. The van der Waals surface area contributed by atoms with E-state index in [0.29, 0.717) is 0 Å². The van der Waals surface area contributed by atoms with Crippen molar-refractivity contribution in [1.82, 2.24) is 0 Å². The number of carboxylic acid groups (broad SMARTS) is 1. The van der Waals surface area contributed by atoms with E-state index in [0.717, 1.165) is 0 Å². The van der Waals surface area contributed by atoms with Crippen molar-refractivity contribution in [3.8, 4) is 0 Å². The van der Waals surface area contributed by atoms with Gasteiger partial charge in [-0.3, -0.25) is 0 Å². The van der Waals surface area contributed by atoms with Crippen LogP contribution in [0.3, 0.4) is 0 Å². The van der Waals surface area contributed by atoms with Gasteiger partial charge in [0, 0.05) is 0 Å². The first kappa shape index (κ1) is 15.9. The summed E-state index contributed by atoms with van der Waals surface area (Å²) >= 11 is 0. The van der Waals surface area contributed by atoms with Crippen LogP contribution in [0.5, 0.6) is 0 Å². The first-order valence-corrected chi connectivity index (χ1v) is 3.47. The molecule has 0 aromatic rings. The van der Waals surface area contributed by atoms with E-state index in [4.69, 9.17) is 30.6 Å². The van der Waals surface area contributed by atoms with E-state index in [1.54, 1.807) is 0 Å². The zero-order chi connectivity index (χ0) is 10.6. The monoisotopic (exact) mass is 228 g/mol. The molecule has 0 heterocycles. The van der Waals surface area contributed by atoms with Crippen LogP contribution in [0.15, 0.2) is 0 Å². The van der Waals surface area contributed by atoms with Crippen molar-refractivity contribution in [2.75, 3.05) is 6.61 Å². The maximum Gasteiger partial charge on any atom is 0.335 e.